The maximum absolute atomic E-state index is 11.8. The third-order valence-electron chi connectivity index (χ3n) is 4.95. The zero-order valence-electron chi connectivity index (χ0n) is 19.4. The molecule has 0 aromatic heterocycles. The minimum absolute atomic E-state index is 0.0923. The molecular weight excluding hydrogens is 482 g/mol. The molecular formula is C22H28N3O11-3. The summed E-state index contributed by atoms with van der Waals surface area (Å²) in [6, 6.07) is 7.53. The molecule has 1 aromatic carbocycles. The monoisotopic (exact) mass is 510 g/mol. The van der Waals surface area contributed by atoms with Gasteiger partial charge in [-0.05, 0) is 5.56 Å². The van der Waals surface area contributed by atoms with E-state index < -0.39 is 62.1 Å². The van der Waals surface area contributed by atoms with Crippen LogP contribution in [0, 0.1) is 0 Å². The number of carbonyl (C=O) groups is 5. The zero-order valence-corrected chi connectivity index (χ0v) is 19.4. The lowest BCUT2D eigenvalue weighted by Crippen LogP contribution is -2.52. The summed E-state index contributed by atoms with van der Waals surface area (Å²) in [7, 11) is 0. The fourth-order valence-corrected chi connectivity index (χ4v) is 3.30. The molecule has 0 bridgehead atoms. The second kappa shape index (κ2) is 16.1. The van der Waals surface area contributed by atoms with Gasteiger partial charge in [-0.3, -0.25) is 24.3 Å². The van der Waals surface area contributed by atoms with Gasteiger partial charge in [0.05, 0.1) is 37.7 Å². The minimum atomic E-state index is -1.55. The SMILES string of the molecule is O=C([O-])CN(CCN(CC(=O)[O-])CC(=O)[O-])CCN(CC(=O)O)C(COCc1ccccc1)C(=O)O. The van der Waals surface area contributed by atoms with Crippen molar-refractivity contribution in [2.45, 2.75) is 12.6 Å². The summed E-state index contributed by atoms with van der Waals surface area (Å²) >= 11 is 0. The minimum Gasteiger partial charge on any atom is -0.549 e. The van der Waals surface area contributed by atoms with Crippen molar-refractivity contribution >= 4 is 29.8 Å². The number of aliphatic carboxylic acids is 5. The number of carboxylic acid groups (broad SMARTS) is 5. The molecule has 0 aliphatic rings. The number of hydrogen-bond donors (Lipinski definition) is 2. The average Bonchev–Trinajstić information content (AvgIpc) is 2.76. The molecule has 0 fully saturated rings. The molecule has 0 amide bonds. The van der Waals surface area contributed by atoms with E-state index in [2.05, 4.69) is 0 Å². The van der Waals surface area contributed by atoms with Crippen LogP contribution in [0.15, 0.2) is 30.3 Å². The van der Waals surface area contributed by atoms with E-state index in [9.17, 15) is 49.5 Å². The highest BCUT2D eigenvalue weighted by Gasteiger charge is 2.28. The van der Waals surface area contributed by atoms with E-state index >= 15 is 0 Å². The maximum atomic E-state index is 11.8. The molecule has 0 heterocycles. The summed E-state index contributed by atoms with van der Waals surface area (Å²) in [5.74, 6) is -7.24. The number of carbonyl (C=O) groups excluding carboxylic acids is 3. The van der Waals surface area contributed by atoms with E-state index in [1.165, 1.54) is 4.90 Å². The van der Waals surface area contributed by atoms with E-state index in [0.29, 0.717) is 0 Å². The van der Waals surface area contributed by atoms with Gasteiger partial charge in [0.25, 0.3) is 0 Å². The molecule has 0 aliphatic carbocycles. The summed E-state index contributed by atoms with van der Waals surface area (Å²) in [6.45, 7) is -3.73. The Morgan fingerprint density at radius 1 is 0.750 bits per heavy atom. The number of hydrogen-bond acceptors (Lipinski definition) is 12. The van der Waals surface area contributed by atoms with Crippen LogP contribution in [0.5, 0.6) is 0 Å². The third kappa shape index (κ3) is 13.3. The van der Waals surface area contributed by atoms with Gasteiger partial charge in [0.15, 0.2) is 0 Å². The predicted molar refractivity (Wildman–Crippen MR) is 115 cm³/mol. The van der Waals surface area contributed by atoms with E-state index in [1.807, 2.05) is 0 Å². The highest BCUT2D eigenvalue weighted by atomic mass is 16.5. The Morgan fingerprint density at radius 3 is 1.75 bits per heavy atom. The smallest absolute Gasteiger partial charge is 0.323 e. The number of carboxylic acids is 5. The molecule has 0 radical (unpaired) electrons. The van der Waals surface area contributed by atoms with Crippen LogP contribution in [0.25, 0.3) is 0 Å². The Bertz CT molecular complexity index is 865. The van der Waals surface area contributed by atoms with Gasteiger partial charge >= 0.3 is 11.9 Å². The third-order valence-corrected chi connectivity index (χ3v) is 4.95. The second-order valence-corrected chi connectivity index (χ2v) is 7.82. The standard InChI is InChI=1S/C22H31N3O11/c26-18(27)10-23(6-7-24(11-19(28)29)12-20(30)31)8-9-25(13-21(32)33)17(22(34)35)15-36-14-16-4-2-1-3-5-16/h1-5,17H,6-15H2,(H,26,27)(H,28,29)(H,30,31)(H,32,33)(H,34,35)/p-3. The largest absolute Gasteiger partial charge is 0.549 e. The van der Waals surface area contributed by atoms with Crippen molar-refractivity contribution in [3.63, 3.8) is 0 Å². The van der Waals surface area contributed by atoms with E-state index in [-0.39, 0.29) is 39.4 Å². The fraction of sp³-hybridized carbons (Fsp3) is 0.500. The number of benzene rings is 1. The molecule has 36 heavy (non-hydrogen) atoms. The van der Waals surface area contributed by atoms with Crippen molar-refractivity contribution in [2.75, 3.05) is 59.0 Å². The Morgan fingerprint density at radius 2 is 1.25 bits per heavy atom. The molecule has 1 unspecified atom stereocenters. The second-order valence-electron chi connectivity index (χ2n) is 7.82. The van der Waals surface area contributed by atoms with Gasteiger partial charge in [-0.15, -0.1) is 0 Å². The van der Waals surface area contributed by atoms with Crippen LogP contribution in [-0.4, -0.2) is 120 Å². The lowest BCUT2D eigenvalue weighted by Gasteiger charge is -2.32. The first-order chi connectivity index (χ1) is 17.0. The van der Waals surface area contributed by atoms with Crippen LogP contribution in [-0.2, 0) is 35.3 Å². The molecule has 0 spiro atoms. The van der Waals surface area contributed by atoms with Crippen LogP contribution >= 0.6 is 0 Å². The van der Waals surface area contributed by atoms with Gasteiger partial charge in [-0.1, -0.05) is 30.3 Å². The first-order valence-corrected chi connectivity index (χ1v) is 10.8. The van der Waals surface area contributed by atoms with Crippen LogP contribution < -0.4 is 15.3 Å². The summed E-state index contributed by atoms with van der Waals surface area (Å²) in [4.78, 5) is 59.3. The molecule has 1 atom stereocenters. The van der Waals surface area contributed by atoms with Crippen LogP contribution in [0.1, 0.15) is 5.56 Å². The molecule has 14 nitrogen and oxygen atoms in total. The van der Waals surface area contributed by atoms with E-state index in [4.69, 9.17) is 4.74 Å². The highest BCUT2D eigenvalue weighted by molar-refractivity contribution is 5.75. The molecule has 2 N–H and O–H groups in total. The first-order valence-electron chi connectivity index (χ1n) is 10.8. The summed E-state index contributed by atoms with van der Waals surface area (Å²) in [5, 5.41) is 51.7. The van der Waals surface area contributed by atoms with E-state index in [0.717, 1.165) is 15.4 Å². The highest BCUT2D eigenvalue weighted by Crippen LogP contribution is 2.07. The number of nitrogens with zero attached hydrogens (tertiary/aromatic N) is 3. The zero-order chi connectivity index (χ0) is 27.1. The molecule has 0 aliphatic heterocycles. The van der Waals surface area contributed by atoms with Gasteiger partial charge < -0.3 is 44.7 Å². The fourth-order valence-electron chi connectivity index (χ4n) is 3.30. The van der Waals surface area contributed by atoms with Gasteiger partial charge in [0.1, 0.15) is 6.04 Å². The first kappa shape index (κ1) is 30.4. The Balaban J connectivity index is 2.85. The number of ether oxygens (including phenoxy) is 1. The normalized spacial score (nSPS) is 12.1. The Hall–Kier alpha value is -3.59. The van der Waals surface area contributed by atoms with Crippen molar-refractivity contribution in [2.24, 2.45) is 0 Å². The summed E-state index contributed by atoms with van der Waals surface area (Å²) in [6.07, 6.45) is 0. The van der Waals surface area contributed by atoms with Gasteiger partial charge in [-0.25, -0.2) is 0 Å². The van der Waals surface area contributed by atoms with Crippen molar-refractivity contribution < 1.29 is 54.2 Å². The number of rotatable bonds is 20. The average molecular weight is 510 g/mol. The van der Waals surface area contributed by atoms with Crippen molar-refractivity contribution in [1.82, 2.24) is 14.7 Å². The predicted octanol–water partition coefficient (Wildman–Crippen LogP) is -5.10. The lowest BCUT2D eigenvalue weighted by atomic mass is 10.2. The van der Waals surface area contributed by atoms with Crippen molar-refractivity contribution in [3.8, 4) is 0 Å². The summed E-state index contributed by atoms with van der Waals surface area (Å²) < 4.78 is 5.47. The molecule has 0 saturated heterocycles. The topological polar surface area (TPSA) is 214 Å². The molecule has 14 heteroatoms. The molecule has 1 aromatic rings. The Kier molecular flexibility index (Phi) is 13.7. The summed E-state index contributed by atoms with van der Waals surface area (Å²) in [5.41, 5.74) is 0.782. The Labute approximate surface area is 206 Å². The maximum Gasteiger partial charge on any atom is 0.323 e. The van der Waals surface area contributed by atoms with Gasteiger partial charge in [0, 0.05) is 45.8 Å². The van der Waals surface area contributed by atoms with E-state index in [1.54, 1.807) is 30.3 Å². The van der Waals surface area contributed by atoms with Crippen LogP contribution in [0.4, 0.5) is 0 Å². The van der Waals surface area contributed by atoms with Crippen LogP contribution in [0.3, 0.4) is 0 Å². The molecule has 0 saturated carbocycles. The quantitative estimate of drug-likeness (QED) is 0.168. The molecule has 200 valence electrons. The van der Waals surface area contributed by atoms with Gasteiger partial charge in [-0.2, -0.15) is 0 Å². The molecule has 1 rings (SSSR count). The van der Waals surface area contributed by atoms with Crippen molar-refractivity contribution in [3.05, 3.63) is 35.9 Å². The van der Waals surface area contributed by atoms with Gasteiger partial charge in [0.2, 0.25) is 0 Å². The lowest BCUT2D eigenvalue weighted by molar-refractivity contribution is -0.311. The van der Waals surface area contributed by atoms with Crippen LogP contribution in [0.2, 0.25) is 0 Å². The van der Waals surface area contributed by atoms with Crippen molar-refractivity contribution in [1.29, 1.82) is 0 Å².